The Labute approximate surface area is 129 Å². The van der Waals surface area contributed by atoms with E-state index in [9.17, 15) is 14.7 Å². The summed E-state index contributed by atoms with van der Waals surface area (Å²) >= 11 is 1.38. The Kier molecular flexibility index (Phi) is 3.38. The third kappa shape index (κ3) is 2.23. The molecule has 5 nitrogen and oxygen atoms in total. The van der Waals surface area contributed by atoms with Gasteiger partial charge in [0.25, 0.3) is 0 Å². The van der Waals surface area contributed by atoms with Crippen molar-refractivity contribution in [2.24, 2.45) is 0 Å². The summed E-state index contributed by atoms with van der Waals surface area (Å²) in [5.41, 5.74) is 1.44. The SMILES string of the molecule is Cc1c(C(=O)O)ccc(-c2nc3ccccc3s2)c1C(=O)O. The van der Waals surface area contributed by atoms with Crippen molar-refractivity contribution in [1.29, 1.82) is 0 Å². The van der Waals surface area contributed by atoms with Crippen LogP contribution < -0.4 is 0 Å². The molecule has 1 aromatic heterocycles. The van der Waals surface area contributed by atoms with Crippen LogP contribution in [0.1, 0.15) is 26.3 Å². The minimum absolute atomic E-state index is 0.0118. The zero-order chi connectivity index (χ0) is 15.9. The Hall–Kier alpha value is -2.73. The van der Waals surface area contributed by atoms with E-state index >= 15 is 0 Å². The van der Waals surface area contributed by atoms with Gasteiger partial charge in [-0.25, -0.2) is 14.6 Å². The zero-order valence-electron chi connectivity index (χ0n) is 11.5. The highest BCUT2D eigenvalue weighted by atomic mass is 32.1. The van der Waals surface area contributed by atoms with E-state index in [1.165, 1.54) is 30.4 Å². The van der Waals surface area contributed by atoms with Gasteiger partial charge in [-0.15, -0.1) is 11.3 Å². The van der Waals surface area contributed by atoms with Crippen LogP contribution in [0.25, 0.3) is 20.8 Å². The lowest BCUT2D eigenvalue weighted by Crippen LogP contribution is -2.09. The second-order valence-electron chi connectivity index (χ2n) is 4.76. The summed E-state index contributed by atoms with van der Waals surface area (Å²) in [5, 5.41) is 19.2. The molecule has 0 bridgehead atoms. The number of para-hydroxylation sites is 1. The fraction of sp³-hybridized carbons (Fsp3) is 0.0625. The van der Waals surface area contributed by atoms with E-state index in [2.05, 4.69) is 4.98 Å². The highest BCUT2D eigenvalue weighted by Gasteiger charge is 2.22. The van der Waals surface area contributed by atoms with Crippen molar-refractivity contribution in [3.05, 3.63) is 53.1 Å². The maximum atomic E-state index is 11.6. The third-order valence-electron chi connectivity index (χ3n) is 3.43. The highest BCUT2D eigenvalue weighted by Crippen LogP contribution is 2.34. The lowest BCUT2D eigenvalue weighted by molar-refractivity contribution is 0.0696. The van der Waals surface area contributed by atoms with E-state index in [-0.39, 0.29) is 16.7 Å². The molecule has 0 aliphatic rings. The monoisotopic (exact) mass is 313 g/mol. The number of carbonyl (C=O) groups is 2. The van der Waals surface area contributed by atoms with Crippen molar-refractivity contribution < 1.29 is 19.8 Å². The molecule has 0 aliphatic heterocycles. The number of carboxylic acids is 2. The molecule has 0 unspecified atom stereocenters. The van der Waals surface area contributed by atoms with E-state index in [1.807, 2.05) is 24.3 Å². The molecule has 6 heteroatoms. The van der Waals surface area contributed by atoms with Crippen molar-refractivity contribution >= 4 is 33.5 Å². The normalized spacial score (nSPS) is 10.8. The van der Waals surface area contributed by atoms with Gasteiger partial charge in [-0.2, -0.15) is 0 Å². The molecule has 0 amide bonds. The highest BCUT2D eigenvalue weighted by molar-refractivity contribution is 7.21. The summed E-state index contributed by atoms with van der Waals surface area (Å²) in [6.07, 6.45) is 0. The van der Waals surface area contributed by atoms with Crippen molar-refractivity contribution in [2.75, 3.05) is 0 Å². The zero-order valence-corrected chi connectivity index (χ0v) is 12.3. The van der Waals surface area contributed by atoms with Crippen LogP contribution in [-0.2, 0) is 0 Å². The molecule has 0 saturated heterocycles. The molecule has 0 atom stereocenters. The van der Waals surface area contributed by atoms with Crippen molar-refractivity contribution in [2.45, 2.75) is 6.92 Å². The lowest BCUT2D eigenvalue weighted by Gasteiger charge is -2.09. The first-order valence-electron chi connectivity index (χ1n) is 6.45. The average Bonchev–Trinajstić information content (AvgIpc) is 2.89. The largest absolute Gasteiger partial charge is 0.478 e. The predicted octanol–water partition coefficient (Wildman–Crippen LogP) is 3.67. The number of nitrogens with zero attached hydrogens (tertiary/aromatic N) is 1. The maximum absolute atomic E-state index is 11.6. The van der Waals surface area contributed by atoms with Gasteiger partial charge in [-0.1, -0.05) is 18.2 Å². The Morgan fingerprint density at radius 3 is 2.41 bits per heavy atom. The van der Waals surface area contributed by atoms with Gasteiger partial charge in [-0.3, -0.25) is 0 Å². The van der Waals surface area contributed by atoms with Crippen LogP contribution in [-0.4, -0.2) is 27.1 Å². The molecular formula is C16H11NO4S. The number of aromatic nitrogens is 1. The molecule has 1 heterocycles. The fourth-order valence-corrected chi connectivity index (χ4v) is 3.38. The molecule has 2 N–H and O–H groups in total. The first-order valence-corrected chi connectivity index (χ1v) is 7.27. The second-order valence-corrected chi connectivity index (χ2v) is 5.79. The van der Waals surface area contributed by atoms with Gasteiger partial charge in [-0.05, 0) is 30.7 Å². The van der Waals surface area contributed by atoms with Crippen LogP contribution in [0.2, 0.25) is 0 Å². The first-order chi connectivity index (χ1) is 10.5. The third-order valence-corrected chi connectivity index (χ3v) is 4.50. The number of hydrogen-bond acceptors (Lipinski definition) is 4. The van der Waals surface area contributed by atoms with E-state index < -0.39 is 11.9 Å². The van der Waals surface area contributed by atoms with E-state index in [4.69, 9.17) is 5.11 Å². The number of fused-ring (bicyclic) bond motifs is 1. The van der Waals surface area contributed by atoms with Crippen LogP contribution in [0.5, 0.6) is 0 Å². The van der Waals surface area contributed by atoms with Gasteiger partial charge in [0, 0.05) is 5.56 Å². The molecule has 0 aliphatic carbocycles. The predicted molar refractivity (Wildman–Crippen MR) is 83.7 cm³/mol. The van der Waals surface area contributed by atoms with Crippen LogP contribution in [0.15, 0.2) is 36.4 Å². The van der Waals surface area contributed by atoms with Gasteiger partial charge >= 0.3 is 11.9 Å². The number of thiazole rings is 1. The van der Waals surface area contributed by atoms with Crippen LogP contribution in [0, 0.1) is 6.92 Å². The second kappa shape index (κ2) is 5.23. The van der Waals surface area contributed by atoms with Gasteiger partial charge in [0.2, 0.25) is 0 Å². The molecule has 3 rings (SSSR count). The number of carboxylic acid groups (broad SMARTS) is 2. The summed E-state index contributed by atoms with van der Waals surface area (Å²) in [4.78, 5) is 27.2. The smallest absolute Gasteiger partial charge is 0.336 e. The molecule has 0 spiro atoms. The number of aromatic carboxylic acids is 2. The van der Waals surface area contributed by atoms with E-state index in [0.29, 0.717) is 10.6 Å². The summed E-state index contributed by atoms with van der Waals surface area (Å²) < 4.78 is 0.953. The van der Waals surface area contributed by atoms with E-state index in [1.54, 1.807) is 0 Å². The number of rotatable bonds is 3. The Morgan fingerprint density at radius 2 is 1.77 bits per heavy atom. The maximum Gasteiger partial charge on any atom is 0.336 e. The minimum Gasteiger partial charge on any atom is -0.478 e. The first kappa shape index (κ1) is 14.2. The van der Waals surface area contributed by atoms with Gasteiger partial charge < -0.3 is 10.2 Å². The topological polar surface area (TPSA) is 87.5 Å². The van der Waals surface area contributed by atoms with Crippen LogP contribution in [0.4, 0.5) is 0 Å². The summed E-state index contributed by atoms with van der Waals surface area (Å²) in [6, 6.07) is 10.5. The Balaban J connectivity index is 2.28. The van der Waals surface area contributed by atoms with Crippen molar-refractivity contribution in [1.82, 2.24) is 4.98 Å². The number of hydrogen-bond donors (Lipinski definition) is 2. The summed E-state index contributed by atoms with van der Waals surface area (Å²) in [5.74, 6) is -2.30. The summed E-state index contributed by atoms with van der Waals surface area (Å²) in [7, 11) is 0. The van der Waals surface area contributed by atoms with Crippen LogP contribution in [0.3, 0.4) is 0 Å². The molecule has 2 aromatic carbocycles. The Morgan fingerprint density at radius 1 is 1.05 bits per heavy atom. The molecule has 0 radical (unpaired) electrons. The van der Waals surface area contributed by atoms with Gasteiger partial charge in [0.1, 0.15) is 5.01 Å². The molecule has 0 fully saturated rings. The van der Waals surface area contributed by atoms with Crippen molar-refractivity contribution in [3.8, 4) is 10.6 Å². The van der Waals surface area contributed by atoms with Crippen molar-refractivity contribution in [3.63, 3.8) is 0 Å². The standard InChI is InChI=1S/C16H11NO4S/c1-8-9(15(18)19)6-7-10(13(8)16(20)21)14-17-11-4-2-3-5-12(11)22-14/h2-7H,1H3,(H,18,19)(H,20,21). The average molecular weight is 313 g/mol. The molecule has 0 saturated carbocycles. The van der Waals surface area contributed by atoms with Gasteiger partial charge in [0.05, 0.1) is 21.3 Å². The Bertz CT molecular complexity index is 881. The number of benzene rings is 2. The minimum atomic E-state index is -1.16. The fourth-order valence-electron chi connectivity index (χ4n) is 2.38. The molecule has 110 valence electrons. The lowest BCUT2D eigenvalue weighted by atomic mass is 9.97. The molecule has 3 aromatic rings. The quantitative estimate of drug-likeness (QED) is 0.770. The molecular weight excluding hydrogens is 302 g/mol. The van der Waals surface area contributed by atoms with E-state index in [0.717, 1.165) is 10.2 Å². The van der Waals surface area contributed by atoms with Crippen LogP contribution >= 0.6 is 11.3 Å². The molecule has 22 heavy (non-hydrogen) atoms. The summed E-state index contributed by atoms with van der Waals surface area (Å²) in [6.45, 7) is 1.50. The van der Waals surface area contributed by atoms with Gasteiger partial charge in [0.15, 0.2) is 0 Å².